The summed E-state index contributed by atoms with van der Waals surface area (Å²) in [6.07, 6.45) is 22.5. The summed E-state index contributed by atoms with van der Waals surface area (Å²) in [5.74, 6) is -0.510. The van der Waals surface area contributed by atoms with E-state index in [9.17, 15) is 14.7 Å². The Hall–Kier alpha value is -4.53. The van der Waals surface area contributed by atoms with Gasteiger partial charge in [-0.05, 0) is 123 Å². The molecule has 1 N–H and O–H groups in total. The third kappa shape index (κ3) is 11.5. The van der Waals surface area contributed by atoms with Crippen molar-refractivity contribution in [1.82, 2.24) is 5.32 Å². The van der Waals surface area contributed by atoms with Crippen molar-refractivity contribution in [2.45, 2.75) is 146 Å². The average molecular weight is 934 g/mol. The molecule has 5 aliphatic heterocycles. The first-order valence-corrected chi connectivity index (χ1v) is 24.1. The summed E-state index contributed by atoms with van der Waals surface area (Å²) in [6.45, 7) is 26.1. The van der Waals surface area contributed by atoms with Gasteiger partial charge >= 0.3 is 29.0 Å². The fourth-order valence-corrected chi connectivity index (χ4v) is 10.2. The number of fused-ring (bicyclic) bond motifs is 5. The van der Waals surface area contributed by atoms with E-state index in [1.165, 1.54) is 57.6 Å². The molecule has 5 unspecified atom stereocenters. The second kappa shape index (κ2) is 22.8. The van der Waals surface area contributed by atoms with Gasteiger partial charge in [0, 0.05) is 40.8 Å². The van der Waals surface area contributed by atoms with Crippen LogP contribution in [-0.2, 0) is 36.1 Å². The van der Waals surface area contributed by atoms with E-state index in [-0.39, 0.29) is 53.7 Å². The van der Waals surface area contributed by atoms with Crippen LogP contribution in [0.1, 0.15) is 146 Å². The minimum absolute atomic E-state index is 0. The quantitative estimate of drug-likeness (QED) is 0.0736. The molecule has 1 fully saturated rings. The summed E-state index contributed by atoms with van der Waals surface area (Å²) in [4.78, 5) is 42.3. The molecule has 5 atom stereocenters. The van der Waals surface area contributed by atoms with Gasteiger partial charge in [0.15, 0.2) is 0 Å². The third-order valence-corrected chi connectivity index (χ3v) is 14.3. The zero-order valence-electron chi connectivity index (χ0n) is 40.9. The Balaban J connectivity index is 0.00000793. The molecule has 0 spiro atoms. The van der Waals surface area contributed by atoms with Gasteiger partial charge in [-0.1, -0.05) is 105 Å². The summed E-state index contributed by atoms with van der Waals surface area (Å²) < 4.78 is 11.1. The molecule has 6 aliphatic rings. The van der Waals surface area contributed by atoms with Crippen LogP contribution < -0.4 is 10.4 Å². The maximum absolute atomic E-state index is 14.4. The van der Waals surface area contributed by atoms with E-state index in [1.54, 1.807) is 0 Å². The molecule has 9 nitrogen and oxygen atoms in total. The SMILES string of the molecule is C=CC1=C(C)C2=NC1=CC1=NC(=CC3=C(C)C4=C([O-])C(C(=O)OC)C(=C5NC(=C2)C(C)C5CCC(=O)OC/C=C(\C)CCCC(C)CCCC(C)CCCC(C)C)C4=N3)C(CC)=C1C.[Cu+2]. The van der Waals surface area contributed by atoms with Crippen molar-refractivity contribution in [3.63, 3.8) is 0 Å². The molecule has 1 aliphatic carbocycles. The number of carbonyl (C=O) groups excluding carboxylic acids is 2. The molecule has 353 valence electrons. The largest absolute Gasteiger partial charge is 2.00 e. The second-order valence-electron chi connectivity index (χ2n) is 19.5. The van der Waals surface area contributed by atoms with Gasteiger partial charge in [-0.3, -0.25) is 9.59 Å². The molecular weight excluding hydrogens is 860 g/mol. The Labute approximate surface area is 400 Å². The van der Waals surface area contributed by atoms with Crippen molar-refractivity contribution < 1.29 is 41.2 Å². The number of allylic oxidation sites excluding steroid dienone is 12. The van der Waals surface area contributed by atoms with E-state index in [4.69, 9.17) is 24.5 Å². The minimum atomic E-state index is -1.19. The van der Waals surface area contributed by atoms with Crippen molar-refractivity contribution in [3.05, 3.63) is 116 Å². The van der Waals surface area contributed by atoms with Crippen LogP contribution in [0.4, 0.5) is 0 Å². The molecule has 5 heterocycles. The predicted molar refractivity (Wildman–Crippen MR) is 259 cm³/mol. The Kier molecular flexibility index (Phi) is 18.0. The predicted octanol–water partition coefficient (Wildman–Crippen LogP) is 11.8. The van der Waals surface area contributed by atoms with Gasteiger partial charge in [0.1, 0.15) is 6.61 Å². The van der Waals surface area contributed by atoms with Crippen molar-refractivity contribution >= 4 is 29.1 Å². The van der Waals surface area contributed by atoms with Crippen LogP contribution in [-0.4, -0.2) is 42.8 Å². The van der Waals surface area contributed by atoms with Gasteiger partial charge in [-0.2, -0.15) is 0 Å². The summed E-state index contributed by atoms with van der Waals surface area (Å²) in [5.41, 5.74) is 12.8. The summed E-state index contributed by atoms with van der Waals surface area (Å²) in [7, 11) is 1.31. The summed E-state index contributed by atoms with van der Waals surface area (Å²) in [6, 6.07) is 0. The van der Waals surface area contributed by atoms with Crippen LogP contribution >= 0.6 is 0 Å². The van der Waals surface area contributed by atoms with Crippen molar-refractivity contribution in [1.29, 1.82) is 0 Å². The molecule has 65 heavy (non-hydrogen) atoms. The number of hydrogen-bond donors (Lipinski definition) is 1. The zero-order valence-corrected chi connectivity index (χ0v) is 41.9. The molecule has 0 amide bonds. The van der Waals surface area contributed by atoms with Gasteiger partial charge in [-0.25, -0.2) is 15.0 Å². The maximum atomic E-state index is 14.4. The Bertz CT molecular complexity index is 2300. The monoisotopic (exact) mass is 932 g/mol. The molecule has 0 aromatic heterocycles. The van der Waals surface area contributed by atoms with Crippen LogP contribution in [0.25, 0.3) is 0 Å². The molecule has 0 saturated carbocycles. The molecule has 8 bridgehead atoms. The number of aliphatic imine (C=N–C) groups is 3. The number of hydrogen-bond acceptors (Lipinski definition) is 9. The maximum Gasteiger partial charge on any atom is 2.00 e. The van der Waals surface area contributed by atoms with Gasteiger partial charge in [0.05, 0.1) is 47.3 Å². The van der Waals surface area contributed by atoms with E-state index in [0.717, 1.165) is 81.9 Å². The molecule has 1 saturated heterocycles. The van der Waals surface area contributed by atoms with Crippen molar-refractivity contribution in [3.8, 4) is 0 Å². The van der Waals surface area contributed by atoms with E-state index < -0.39 is 11.9 Å². The van der Waals surface area contributed by atoms with Crippen LogP contribution in [0.15, 0.2) is 131 Å². The molecule has 0 aromatic rings. The molecule has 6 rings (SSSR count). The summed E-state index contributed by atoms with van der Waals surface area (Å²) in [5, 5.41) is 18.0. The number of rotatable bonds is 20. The van der Waals surface area contributed by atoms with Gasteiger partial charge in [0.25, 0.3) is 0 Å². The molecule has 1 radical (unpaired) electrons. The molecular formula is C55H73CuN4O5+. The number of methoxy groups -OCH3 is 1. The smallest absolute Gasteiger partial charge is 0.874 e. The van der Waals surface area contributed by atoms with E-state index in [0.29, 0.717) is 46.2 Å². The Morgan fingerprint density at radius 3 is 2.17 bits per heavy atom. The summed E-state index contributed by atoms with van der Waals surface area (Å²) >= 11 is 0. The van der Waals surface area contributed by atoms with E-state index in [2.05, 4.69) is 67.3 Å². The average Bonchev–Trinajstić information content (AvgIpc) is 3.99. The van der Waals surface area contributed by atoms with Gasteiger partial charge < -0.3 is 19.9 Å². The van der Waals surface area contributed by atoms with Crippen LogP contribution in [0, 0.1) is 35.5 Å². The topological polar surface area (TPSA) is 125 Å². The van der Waals surface area contributed by atoms with Crippen molar-refractivity contribution in [2.24, 2.45) is 50.5 Å². The fourth-order valence-electron chi connectivity index (χ4n) is 10.2. The Morgan fingerprint density at radius 2 is 1.52 bits per heavy atom. The van der Waals surface area contributed by atoms with Crippen LogP contribution in [0.5, 0.6) is 0 Å². The first-order valence-electron chi connectivity index (χ1n) is 24.1. The van der Waals surface area contributed by atoms with Crippen LogP contribution in [0.3, 0.4) is 0 Å². The number of esters is 2. The Morgan fingerprint density at radius 1 is 0.877 bits per heavy atom. The minimum Gasteiger partial charge on any atom is -0.874 e. The van der Waals surface area contributed by atoms with Gasteiger partial charge in [0.2, 0.25) is 0 Å². The van der Waals surface area contributed by atoms with Gasteiger partial charge in [-0.15, -0.1) is 5.76 Å². The number of nitrogens with zero attached hydrogens (tertiary/aromatic N) is 3. The standard InChI is InChI=1S/C55H74N4O5.Cu/c1-13-39-35(8)42-28-44-37(10)41(24-25-48(60)64-27-26-34(7)23-17-22-33(6)21-16-20-32(5)19-15-18-31(3)4)52(58-44)50-51(55(62)63-12)54(61)49-38(11)45(59-53(49)50)30-47-40(14-2)36(9)43(57-47)29-46(39)56-42;/h13,26,28-33,37,41,51,58,61H,1,14-25,27H2,2-12H3;/q;+2/p-1/b34-26+,44-28?,46-29?,47-30?,52-50?;. The molecule has 10 heteroatoms. The number of ether oxygens (including phenoxy) is 2. The first kappa shape index (κ1) is 51.5. The normalized spacial score (nSPS) is 22.4. The third-order valence-electron chi connectivity index (χ3n) is 14.3. The van der Waals surface area contributed by atoms with E-state index >= 15 is 0 Å². The number of carbonyl (C=O) groups is 2. The molecule has 0 aromatic carbocycles. The van der Waals surface area contributed by atoms with Crippen LogP contribution in [0.2, 0.25) is 0 Å². The zero-order chi connectivity index (χ0) is 46.4. The fraction of sp³-hybridized carbons (Fsp3) is 0.545. The van der Waals surface area contributed by atoms with Crippen molar-refractivity contribution in [2.75, 3.05) is 13.7 Å². The second-order valence-corrected chi connectivity index (χ2v) is 19.5. The number of nitrogens with one attached hydrogen (secondary N) is 1. The van der Waals surface area contributed by atoms with E-state index in [1.807, 2.05) is 44.2 Å². The first-order chi connectivity index (χ1) is 30.6.